The molecule has 0 spiro atoms. The molecule has 3 aromatic carbocycles. The summed E-state index contributed by atoms with van der Waals surface area (Å²) in [6.45, 7) is 10.0. The van der Waals surface area contributed by atoms with Gasteiger partial charge in [-0.25, -0.2) is 4.98 Å². The number of nitrogens with one attached hydrogen (secondary N) is 1. The molecule has 0 saturated heterocycles. The Kier molecular flexibility index (Phi) is 9.60. The van der Waals surface area contributed by atoms with E-state index in [0.717, 1.165) is 60.6 Å². The van der Waals surface area contributed by atoms with E-state index in [1.807, 2.05) is 59.2 Å². The van der Waals surface area contributed by atoms with E-state index in [2.05, 4.69) is 53.0 Å². The highest BCUT2D eigenvalue weighted by molar-refractivity contribution is 6.31. The van der Waals surface area contributed by atoms with Crippen LogP contribution in [0, 0.1) is 0 Å². The summed E-state index contributed by atoms with van der Waals surface area (Å²) in [4.78, 5) is 41.8. The SMILES string of the molecule is CCCC(=O)N1CCCN(Cc2ccccc2)CCN(C(=O)c2ccc3nc(C(C)C)[nH]c3c2)Cc2ccc(Cl)cc21. The summed E-state index contributed by atoms with van der Waals surface area (Å²) < 4.78 is 0. The molecule has 1 N–H and O–H groups in total. The molecular formula is C34H40ClN5O2. The molecule has 0 radical (unpaired) electrons. The molecule has 2 amide bonds. The van der Waals surface area contributed by atoms with Crippen molar-refractivity contribution in [3.05, 3.63) is 94.3 Å². The first-order valence-electron chi connectivity index (χ1n) is 15.0. The number of aromatic nitrogens is 2. The molecule has 8 heteroatoms. The molecule has 1 aliphatic rings. The Balaban J connectivity index is 1.51. The third-order valence-electron chi connectivity index (χ3n) is 7.84. The van der Waals surface area contributed by atoms with Crippen molar-refractivity contribution in [1.29, 1.82) is 0 Å². The summed E-state index contributed by atoms with van der Waals surface area (Å²) in [5, 5.41) is 0.576. The van der Waals surface area contributed by atoms with Crippen molar-refractivity contribution in [1.82, 2.24) is 19.8 Å². The number of benzene rings is 3. The van der Waals surface area contributed by atoms with Gasteiger partial charge < -0.3 is 14.8 Å². The van der Waals surface area contributed by atoms with Crippen molar-refractivity contribution in [3.63, 3.8) is 0 Å². The van der Waals surface area contributed by atoms with E-state index in [4.69, 9.17) is 11.6 Å². The maximum atomic E-state index is 14.2. The number of aromatic amines is 1. The average molecular weight is 586 g/mol. The molecule has 4 aromatic rings. The van der Waals surface area contributed by atoms with Crippen LogP contribution in [0.25, 0.3) is 11.0 Å². The van der Waals surface area contributed by atoms with Gasteiger partial charge in [0.15, 0.2) is 0 Å². The van der Waals surface area contributed by atoms with Gasteiger partial charge in [-0.05, 0) is 54.3 Å². The summed E-state index contributed by atoms with van der Waals surface area (Å²) in [5.41, 5.74) is 5.26. The number of imidazole rings is 1. The Bertz CT molecular complexity index is 1530. The first kappa shape index (κ1) is 29.8. The number of carbonyl (C=O) groups is 2. The van der Waals surface area contributed by atoms with Crippen molar-refractivity contribution in [3.8, 4) is 0 Å². The minimum atomic E-state index is -0.0520. The van der Waals surface area contributed by atoms with E-state index in [-0.39, 0.29) is 17.7 Å². The van der Waals surface area contributed by atoms with Crippen molar-refractivity contribution in [2.45, 2.75) is 59.0 Å². The number of halogens is 1. The monoisotopic (exact) mass is 585 g/mol. The van der Waals surface area contributed by atoms with Gasteiger partial charge in [-0.3, -0.25) is 14.5 Å². The second kappa shape index (κ2) is 13.5. The van der Waals surface area contributed by atoms with E-state index in [1.165, 1.54) is 5.56 Å². The summed E-state index contributed by atoms with van der Waals surface area (Å²) in [5.74, 6) is 1.20. The quantitative estimate of drug-likeness (QED) is 0.264. The summed E-state index contributed by atoms with van der Waals surface area (Å²) >= 11 is 6.47. The van der Waals surface area contributed by atoms with Gasteiger partial charge in [0.2, 0.25) is 5.91 Å². The van der Waals surface area contributed by atoms with Crippen molar-refractivity contribution in [2.75, 3.05) is 31.1 Å². The molecule has 2 heterocycles. The number of hydrogen-bond donors (Lipinski definition) is 1. The minimum absolute atomic E-state index is 0.0520. The van der Waals surface area contributed by atoms with Crippen LogP contribution in [0.15, 0.2) is 66.7 Å². The average Bonchev–Trinajstić information content (AvgIpc) is 3.41. The zero-order valence-electron chi connectivity index (χ0n) is 24.8. The Morgan fingerprint density at radius 1 is 0.976 bits per heavy atom. The molecule has 0 unspecified atom stereocenters. The number of fused-ring (bicyclic) bond motifs is 2. The standard InChI is InChI=1S/C34H40ClN5O2/c1-4-9-32(41)40-17-8-16-38(22-25-10-6-5-7-11-25)18-19-39(23-27-12-14-28(35)21-31(27)40)34(42)26-13-15-29-30(20-26)37-33(36-29)24(2)3/h5-7,10-15,20-21,24H,4,8-9,16-19,22-23H2,1-3H3,(H,36,37). The first-order valence-corrected chi connectivity index (χ1v) is 15.3. The van der Waals surface area contributed by atoms with Gasteiger partial charge in [-0.15, -0.1) is 0 Å². The van der Waals surface area contributed by atoms with E-state index < -0.39 is 0 Å². The second-order valence-corrected chi connectivity index (χ2v) is 11.9. The summed E-state index contributed by atoms with van der Waals surface area (Å²) in [6, 6.07) is 21.8. The van der Waals surface area contributed by atoms with E-state index in [1.54, 1.807) is 0 Å². The predicted molar refractivity (Wildman–Crippen MR) is 170 cm³/mol. The third-order valence-corrected chi connectivity index (χ3v) is 8.07. The van der Waals surface area contributed by atoms with Crippen LogP contribution in [-0.4, -0.2) is 57.8 Å². The lowest BCUT2D eigenvalue weighted by Crippen LogP contribution is -2.38. The number of rotatable bonds is 6. The lowest BCUT2D eigenvalue weighted by molar-refractivity contribution is -0.118. The molecule has 0 saturated carbocycles. The fraction of sp³-hybridized carbons (Fsp3) is 0.382. The smallest absolute Gasteiger partial charge is 0.254 e. The molecule has 7 nitrogen and oxygen atoms in total. The highest BCUT2D eigenvalue weighted by atomic mass is 35.5. The summed E-state index contributed by atoms with van der Waals surface area (Å²) in [6.07, 6.45) is 2.05. The molecule has 0 fully saturated rings. The van der Waals surface area contributed by atoms with Crippen LogP contribution in [0.5, 0.6) is 0 Å². The zero-order chi connectivity index (χ0) is 29.6. The summed E-state index contributed by atoms with van der Waals surface area (Å²) in [7, 11) is 0. The number of carbonyl (C=O) groups excluding carboxylic acids is 2. The van der Waals surface area contributed by atoms with Gasteiger partial charge in [0.05, 0.1) is 16.7 Å². The molecule has 0 aliphatic carbocycles. The largest absolute Gasteiger partial charge is 0.342 e. The highest BCUT2D eigenvalue weighted by Gasteiger charge is 2.25. The Labute approximate surface area is 253 Å². The van der Waals surface area contributed by atoms with Crippen molar-refractivity contribution >= 4 is 40.1 Å². The molecule has 1 aliphatic heterocycles. The number of hydrogen-bond acceptors (Lipinski definition) is 4. The number of amides is 2. The highest BCUT2D eigenvalue weighted by Crippen LogP contribution is 2.29. The maximum absolute atomic E-state index is 14.2. The van der Waals surface area contributed by atoms with Crippen LogP contribution >= 0.6 is 11.6 Å². The minimum Gasteiger partial charge on any atom is -0.342 e. The topological polar surface area (TPSA) is 72.5 Å². The maximum Gasteiger partial charge on any atom is 0.254 e. The Hall–Kier alpha value is -3.68. The third kappa shape index (κ3) is 7.02. The van der Waals surface area contributed by atoms with Crippen molar-refractivity contribution in [2.24, 2.45) is 0 Å². The molecule has 220 valence electrons. The predicted octanol–water partition coefficient (Wildman–Crippen LogP) is 7.02. The second-order valence-electron chi connectivity index (χ2n) is 11.4. The molecule has 0 bridgehead atoms. The molecule has 0 atom stereocenters. The van der Waals surface area contributed by atoms with Crippen LogP contribution in [0.2, 0.25) is 5.02 Å². The fourth-order valence-corrected chi connectivity index (χ4v) is 5.72. The lowest BCUT2D eigenvalue weighted by Gasteiger charge is -2.28. The van der Waals surface area contributed by atoms with Crippen LogP contribution in [0.1, 0.15) is 73.3 Å². The number of anilines is 1. The Morgan fingerprint density at radius 3 is 2.55 bits per heavy atom. The molecule has 5 rings (SSSR count). The van der Waals surface area contributed by atoms with Crippen LogP contribution in [0.3, 0.4) is 0 Å². The van der Waals surface area contributed by atoms with E-state index >= 15 is 0 Å². The van der Waals surface area contributed by atoms with E-state index in [0.29, 0.717) is 36.6 Å². The first-order chi connectivity index (χ1) is 20.3. The van der Waals surface area contributed by atoms with Crippen LogP contribution in [-0.2, 0) is 17.9 Å². The van der Waals surface area contributed by atoms with E-state index in [9.17, 15) is 9.59 Å². The number of H-pyrrole nitrogens is 1. The van der Waals surface area contributed by atoms with Gasteiger partial charge >= 0.3 is 0 Å². The van der Waals surface area contributed by atoms with Crippen LogP contribution in [0.4, 0.5) is 5.69 Å². The van der Waals surface area contributed by atoms with Gasteiger partial charge in [-0.1, -0.05) is 68.8 Å². The van der Waals surface area contributed by atoms with Gasteiger partial charge in [0.25, 0.3) is 5.91 Å². The van der Waals surface area contributed by atoms with Crippen molar-refractivity contribution < 1.29 is 9.59 Å². The normalized spacial score (nSPS) is 15.1. The molecule has 1 aromatic heterocycles. The van der Waals surface area contributed by atoms with Gasteiger partial charge in [0, 0.05) is 62.2 Å². The lowest BCUT2D eigenvalue weighted by atomic mass is 10.1. The van der Waals surface area contributed by atoms with Gasteiger partial charge in [-0.2, -0.15) is 0 Å². The zero-order valence-corrected chi connectivity index (χ0v) is 25.5. The molecule has 42 heavy (non-hydrogen) atoms. The Morgan fingerprint density at radius 2 is 1.79 bits per heavy atom. The molecular weight excluding hydrogens is 546 g/mol. The van der Waals surface area contributed by atoms with Crippen LogP contribution < -0.4 is 4.90 Å². The fourth-order valence-electron chi connectivity index (χ4n) is 5.55. The van der Waals surface area contributed by atoms with Gasteiger partial charge in [0.1, 0.15) is 5.82 Å². The number of nitrogens with zero attached hydrogens (tertiary/aromatic N) is 4.